The summed E-state index contributed by atoms with van der Waals surface area (Å²) < 4.78 is 0. The fraction of sp³-hybridized carbons (Fsp3) is 0.333. The zero-order chi connectivity index (χ0) is 13.7. The standard InChI is InChI=1S/C15H17ClN2O/c1-11-7-8-13(12-5-4-10-17-15(11)12)18-14(19)6-2-3-9-16/h4-5,7-8,10H,2-3,6,9H2,1H3,(H,18,19). The van der Waals surface area contributed by atoms with E-state index >= 15 is 0 Å². The molecule has 0 bridgehead atoms. The smallest absolute Gasteiger partial charge is 0.224 e. The number of aromatic nitrogens is 1. The van der Waals surface area contributed by atoms with Gasteiger partial charge in [-0.2, -0.15) is 0 Å². The van der Waals surface area contributed by atoms with E-state index < -0.39 is 0 Å². The van der Waals surface area contributed by atoms with Crippen LogP contribution < -0.4 is 5.32 Å². The van der Waals surface area contributed by atoms with Crippen molar-refractivity contribution in [1.29, 1.82) is 0 Å². The molecule has 1 N–H and O–H groups in total. The number of anilines is 1. The van der Waals surface area contributed by atoms with Crippen LogP contribution >= 0.6 is 11.6 Å². The number of hydrogen-bond donors (Lipinski definition) is 1. The minimum atomic E-state index is 0.0270. The van der Waals surface area contributed by atoms with Gasteiger partial charge in [-0.3, -0.25) is 9.78 Å². The van der Waals surface area contributed by atoms with Gasteiger partial charge in [0.05, 0.1) is 11.2 Å². The SMILES string of the molecule is Cc1ccc(NC(=O)CCCCCl)c2cccnc12. The Morgan fingerprint density at radius 3 is 2.95 bits per heavy atom. The van der Waals surface area contributed by atoms with Gasteiger partial charge in [0.25, 0.3) is 0 Å². The molecular formula is C15H17ClN2O. The molecule has 1 aromatic carbocycles. The summed E-state index contributed by atoms with van der Waals surface area (Å²) in [5, 5.41) is 3.93. The molecular weight excluding hydrogens is 260 g/mol. The summed E-state index contributed by atoms with van der Waals surface area (Å²) in [6.07, 6.45) is 3.95. The van der Waals surface area contributed by atoms with Crippen LogP contribution in [0.15, 0.2) is 30.5 Å². The van der Waals surface area contributed by atoms with Crippen LogP contribution in [0.1, 0.15) is 24.8 Å². The maximum atomic E-state index is 11.8. The Bertz CT molecular complexity index is 583. The minimum Gasteiger partial charge on any atom is -0.325 e. The second kappa shape index (κ2) is 6.53. The number of carbonyl (C=O) groups is 1. The predicted molar refractivity (Wildman–Crippen MR) is 79.7 cm³/mol. The third-order valence-electron chi connectivity index (χ3n) is 3.03. The summed E-state index contributed by atoms with van der Waals surface area (Å²) in [7, 11) is 0. The van der Waals surface area contributed by atoms with Crippen molar-refractivity contribution in [2.24, 2.45) is 0 Å². The molecule has 1 amide bonds. The first-order valence-corrected chi connectivity index (χ1v) is 6.96. The molecule has 0 aliphatic heterocycles. The fourth-order valence-electron chi connectivity index (χ4n) is 2.02. The van der Waals surface area contributed by atoms with Crippen molar-refractivity contribution in [2.45, 2.75) is 26.2 Å². The molecule has 0 aliphatic rings. The van der Waals surface area contributed by atoms with Crippen molar-refractivity contribution in [3.8, 4) is 0 Å². The van der Waals surface area contributed by atoms with Crippen molar-refractivity contribution in [3.05, 3.63) is 36.0 Å². The molecule has 0 radical (unpaired) electrons. The van der Waals surface area contributed by atoms with Crippen molar-refractivity contribution < 1.29 is 4.79 Å². The fourth-order valence-corrected chi connectivity index (χ4v) is 2.20. The molecule has 4 heteroatoms. The maximum absolute atomic E-state index is 11.8. The number of halogens is 1. The predicted octanol–water partition coefficient (Wildman–Crippen LogP) is 3.89. The van der Waals surface area contributed by atoms with E-state index in [0.29, 0.717) is 12.3 Å². The van der Waals surface area contributed by atoms with Gasteiger partial charge in [-0.1, -0.05) is 6.07 Å². The highest BCUT2D eigenvalue weighted by atomic mass is 35.5. The normalized spacial score (nSPS) is 10.6. The van der Waals surface area contributed by atoms with E-state index in [9.17, 15) is 4.79 Å². The molecule has 3 nitrogen and oxygen atoms in total. The zero-order valence-electron chi connectivity index (χ0n) is 10.9. The van der Waals surface area contributed by atoms with E-state index in [-0.39, 0.29) is 5.91 Å². The van der Waals surface area contributed by atoms with Gasteiger partial charge in [-0.05, 0) is 43.5 Å². The molecule has 2 rings (SSSR count). The van der Waals surface area contributed by atoms with E-state index in [1.54, 1.807) is 6.20 Å². The van der Waals surface area contributed by atoms with Gasteiger partial charge >= 0.3 is 0 Å². The molecule has 0 aliphatic carbocycles. The lowest BCUT2D eigenvalue weighted by Gasteiger charge is -2.09. The van der Waals surface area contributed by atoms with Crippen molar-refractivity contribution >= 4 is 34.1 Å². The van der Waals surface area contributed by atoms with Crippen molar-refractivity contribution in [3.63, 3.8) is 0 Å². The molecule has 0 unspecified atom stereocenters. The molecule has 100 valence electrons. The van der Waals surface area contributed by atoms with Gasteiger partial charge in [0.1, 0.15) is 0 Å². The van der Waals surface area contributed by atoms with E-state index in [1.807, 2.05) is 31.2 Å². The van der Waals surface area contributed by atoms with Crippen LogP contribution in [0, 0.1) is 6.92 Å². The van der Waals surface area contributed by atoms with Gasteiger partial charge in [-0.25, -0.2) is 0 Å². The van der Waals surface area contributed by atoms with E-state index in [0.717, 1.165) is 35.0 Å². The number of nitrogens with zero attached hydrogens (tertiary/aromatic N) is 1. The average molecular weight is 277 g/mol. The number of alkyl halides is 1. The molecule has 19 heavy (non-hydrogen) atoms. The summed E-state index contributed by atoms with van der Waals surface area (Å²) in [6.45, 7) is 2.02. The summed E-state index contributed by atoms with van der Waals surface area (Å²) in [5.74, 6) is 0.629. The van der Waals surface area contributed by atoms with Gasteiger partial charge in [0.15, 0.2) is 0 Å². The third-order valence-corrected chi connectivity index (χ3v) is 3.30. The summed E-state index contributed by atoms with van der Waals surface area (Å²) in [6, 6.07) is 7.76. The molecule has 0 saturated carbocycles. The number of carbonyl (C=O) groups excluding carboxylic acids is 1. The molecule has 0 fully saturated rings. The lowest BCUT2D eigenvalue weighted by Crippen LogP contribution is -2.11. The zero-order valence-corrected chi connectivity index (χ0v) is 11.7. The van der Waals surface area contributed by atoms with Crippen LogP contribution in [-0.4, -0.2) is 16.8 Å². The Hall–Kier alpha value is -1.61. The van der Waals surface area contributed by atoms with Crippen LogP contribution in [0.5, 0.6) is 0 Å². The quantitative estimate of drug-likeness (QED) is 0.665. The lowest BCUT2D eigenvalue weighted by molar-refractivity contribution is -0.116. The Balaban J connectivity index is 2.17. The van der Waals surface area contributed by atoms with Gasteiger partial charge in [-0.15, -0.1) is 11.6 Å². The Kier molecular flexibility index (Phi) is 4.74. The third kappa shape index (κ3) is 3.44. The molecule has 2 aromatic rings. The molecule has 1 aromatic heterocycles. The van der Waals surface area contributed by atoms with Crippen molar-refractivity contribution in [2.75, 3.05) is 11.2 Å². The number of rotatable bonds is 5. The lowest BCUT2D eigenvalue weighted by atomic mass is 10.1. The van der Waals surface area contributed by atoms with Gasteiger partial charge in [0, 0.05) is 23.9 Å². The Morgan fingerprint density at radius 1 is 1.32 bits per heavy atom. The summed E-state index contributed by atoms with van der Waals surface area (Å²) in [5.41, 5.74) is 2.86. The van der Waals surface area contributed by atoms with E-state index in [4.69, 9.17) is 11.6 Å². The van der Waals surface area contributed by atoms with Gasteiger partial charge < -0.3 is 5.32 Å². The number of nitrogens with one attached hydrogen (secondary N) is 1. The number of amides is 1. The Morgan fingerprint density at radius 2 is 2.16 bits per heavy atom. The number of pyridine rings is 1. The minimum absolute atomic E-state index is 0.0270. The summed E-state index contributed by atoms with van der Waals surface area (Å²) in [4.78, 5) is 16.2. The second-order valence-corrected chi connectivity index (χ2v) is 4.90. The number of benzene rings is 1. The van der Waals surface area contributed by atoms with E-state index in [1.165, 1.54) is 0 Å². The molecule has 1 heterocycles. The molecule has 0 saturated heterocycles. The first-order valence-electron chi connectivity index (χ1n) is 6.42. The number of aryl methyl sites for hydroxylation is 1. The number of hydrogen-bond acceptors (Lipinski definition) is 2. The number of unbranched alkanes of at least 4 members (excludes halogenated alkanes) is 1. The van der Waals surface area contributed by atoms with Crippen LogP contribution in [0.4, 0.5) is 5.69 Å². The van der Waals surface area contributed by atoms with Crippen LogP contribution in [0.2, 0.25) is 0 Å². The van der Waals surface area contributed by atoms with Crippen LogP contribution in [0.25, 0.3) is 10.9 Å². The largest absolute Gasteiger partial charge is 0.325 e. The topological polar surface area (TPSA) is 42.0 Å². The van der Waals surface area contributed by atoms with Crippen molar-refractivity contribution in [1.82, 2.24) is 4.98 Å². The first-order chi connectivity index (χ1) is 9.22. The van der Waals surface area contributed by atoms with Crippen LogP contribution in [0.3, 0.4) is 0 Å². The number of fused-ring (bicyclic) bond motifs is 1. The van der Waals surface area contributed by atoms with Gasteiger partial charge in [0.2, 0.25) is 5.91 Å². The maximum Gasteiger partial charge on any atom is 0.224 e. The highest BCUT2D eigenvalue weighted by Crippen LogP contribution is 2.24. The second-order valence-electron chi connectivity index (χ2n) is 4.52. The first kappa shape index (κ1) is 13.8. The summed E-state index contributed by atoms with van der Waals surface area (Å²) >= 11 is 5.60. The highest BCUT2D eigenvalue weighted by Gasteiger charge is 2.07. The Labute approximate surface area is 118 Å². The highest BCUT2D eigenvalue weighted by molar-refractivity contribution is 6.17. The molecule has 0 atom stereocenters. The average Bonchev–Trinajstić information content (AvgIpc) is 2.43. The molecule has 0 spiro atoms. The van der Waals surface area contributed by atoms with E-state index in [2.05, 4.69) is 10.3 Å². The monoisotopic (exact) mass is 276 g/mol. The van der Waals surface area contributed by atoms with Crippen LogP contribution in [-0.2, 0) is 4.79 Å².